The number of nitrogens with zero attached hydrogens (tertiary/aromatic N) is 2. The van der Waals surface area contributed by atoms with E-state index in [0.29, 0.717) is 30.5 Å². The molecule has 0 aromatic carbocycles. The van der Waals surface area contributed by atoms with Crippen LogP contribution in [0.25, 0.3) is 0 Å². The summed E-state index contributed by atoms with van der Waals surface area (Å²) >= 11 is 6.93. The predicted octanol–water partition coefficient (Wildman–Crippen LogP) is 3.47. The highest BCUT2D eigenvalue weighted by Crippen LogP contribution is 2.60. The Labute approximate surface area is 164 Å². The molecule has 1 aromatic rings. The highest BCUT2D eigenvalue weighted by Gasteiger charge is 2.61. The monoisotopic (exact) mass is 416 g/mol. The van der Waals surface area contributed by atoms with E-state index in [1.54, 1.807) is 6.07 Å². The van der Waals surface area contributed by atoms with E-state index in [4.69, 9.17) is 11.6 Å². The van der Waals surface area contributed by atoms with Gasteiger partial charge in [0.1, 0.15) is 4.21 Å². The molecule has 1 aromatic heterocycles. The maximum atomic E-state index is 12.9. The molecule has 8 heteroatoms. The summed E-state index contributed by atoms with van der Waals surface area (Å²) in [6, 6.07) is 3.13. The van der Waals surface area contributed by atoms with Gasteiger partial charge >= 0.3 is 0 Å². The van der Waals surface area contributed by atoms with Gasteiger partial charge in [0.05, 0.1) is 10.3 Å². The number of amides is 1. The molecule has 0 N–H and O–H groups in total. The average Bonchev–Trinajstić information content (AvgIpc) is 2.90. The fourth-order valence-electron chi connectivity index (χ4n) is 3.73. The first-order chi connectivity index (χ1) is 12.0. The number of halogens is 1. The summed E-state index contributed by atoms with van der Waals surface area (Å²) in [6.45, 7) is 9.87. The van der Waals surface area contributed by atoms with E-state index in [2.05, 4.69) is 33.8 Å². The van der Waals surface area contributed by atoms with Crippen LogP contribution >= 0.6 is 22.9 Å². The minimum Gasteiger partial charge on any atom is -0.340 e. The number of hydrogen-bond donors (Lipinski definition) is 0. The number of thiophene rings is 1. The second-order valence-corrected chi connectivity index (χ2v) is 11.7. The molecule has 3 rings (SSSR count). The van der Waals surface area contributed by atoms with E-state index in [-0.39, 0.29) is 27.4 Å². The van der Waals surface area contributed by atoms with Crippen molar-refractivity contribution in [1.82, 2.24) is 9.21 Å². The van der Waals surface area contributed by atoms with Crippen molar-refractivity contribution in [3.63, 3.8) is 0 Å². The van der Waals surface area contributed by atoms with Gasteiger partial charge in [-0.1, -0.05) is 37.1 Å². The van der Waals surface area contributed by atoms with Crippen LogP contribution in [0, 0.1) is 17.3 Å². The Morgan fingerprint density at radius 1 is 1.23 bits per heavy atom. The first-order valence-corrected chi connectivity index (χ1v) is 11.4. The highest BCUT2D eigenvalue weighted by atomic mass is 35.5. The van der Waals surface area contributed by atoms with Gasteiger partial charge in [0.2, 0.25) is 5.91 Å². The van der Waals surface area contributed by atoms with E-state index < -0.39 is 10.0 Å². The summed E-state index contributed by atoms with van der Waals surface area (Å²) in [5.74, 6) is 0.417. The molecule has 1 saturated heterocycles. The third-order valence-electron chi connectivity index (χ3n) is 5.38. The number of rotatable bonds is 4. The lowest BCUT2D eigenvalue weighted by molar-refractivity contribution is -0.134. The van der Waals surface area contributed by atoms with Gasteiger partial charge in [-0.3, -0.25) is 4.79 Å². The molecule has 0 radical (unpaired) electrons. The van der Waals surface area contributed by atoms with Crippen LogP contribution in [0.15, 0.2) is 28.0 Å². The first kappa shape index (κ1) is 19.9. The predicted molar refractivity (Wildman–Crippen MR) is 105 cm³/mol. The largest absolute Gasteiger partial charge is 0.340 e. The second kappa shape index (κ2) is 6.93. The molecule has 144 valence electrons. The van der Waals surface area contributed by atoms with Crippen molar-refractivity contribution in [2.45, 2.75) is 31.9 Å². The molecular weight excluding hydrogens is 392 g/mol. The van der Waals surface area contributed by atoms with Gasteiger partial charge < -0.3 is 4.90 Å². The van der Waals surface area contributed by atoms with Crippen molar-refractivity contribution in [2.24, 2.45) is 17.3 Å². The van der Waals surface area contributed by atoms with E-state index in [1.807, 2.05) is 4.90 Å². The van der Waals surface area contributed by atoms with Gasteiger partial charge in [0, 0.05) is 26.2 Å². The normalized spacial score (nSPS) is 25.8. The van der Waals surface area contributed by atoms with Crippen LogP contribution < -0.4 is 0 Å². The van der Waals surface area contributed by atoms with Crippen molar-refractivity contribution < 1.29 is 13.2 Å². The van der Waals surface area contributed by atoms with Gasteiger partial charge in [-0.2, -0.15) is 4.31 Å². The average molecular weight is 417 g/mol. The van der Waals surface area contributed by atoms with Crippen LogP contribution in [0.3, 0.4) is 0 Å². The van der Waals surface area contributed by atoms with Gasteiger partial charge in [-0.05, 0) is 37.3 Å². The molecule has 2 aliphatic rings. The molecule has 1 amide bonds. The molecule has 2 atom stereocenters. The van der Waals surface area contributed by atoms with Crippen LogP contribution in [0.5, 0.6) is 0 Å². The summed E-state index contributed by atoms with van der Waals surface area (Å²) in [4.78, 5) is 14.7. The summed E-state index contributed by atoms with van der Waals surface area (Å²) in [6.07, 6.45) is 2.18. The zero-order valence-electron chi connectivity index (χ0n) is 15.5. The van der Waals surface area contributed by atoms with Crippen molar-refractivity contribution in [2.75, 3.05) is 26.2 Å². The number of sulfonamides is 1. The lowest BCUT2D eigenvalue weighted by Gasteiger charge is -2.34. The van der Waals surface area contributed by atoms with Crippen LogP contribution in [0.1, 0.15) is 27.7 Å². The van der Waals surface area contributed by atoms with Gasteiger partial charge in [-0.25, -0.2) is 8.42 Å². The van der Waals surface area contributed by atoms with E-state index in [0.717, 1.165) is 11.3 Å². The lowest BCUT2D eigenvalue weighted by atomic mass is 10.1. The molecule has 0 unspecified atom stereocenters. The Kier molecular flexibility index (Phi) is 5.29. The number of carbonyl (C=O) groups is 1. The zero-order valence-corrected chi connectivity index (χ0v) is 17.9. The van der Waals surface area contributed by atoms with Crippen LogP contribution in [0.4, 0.5) is 0 Å². The smallest absolute Gasteiger partial charge is 0.252 e. The number of allylic oxidation sites excluding steroid dienone is 2. The Balaban J connectivity index is 1.64. The van der Waals surface area contributed by atoms with Crippen molar-refractivity contribution in [1.29, 1.82) is 0 Å². The fourth-order valence-corrected chi connectivity index (χ4v) is 6.79. The number of hydrogen-bond acceptors (Lipinski definition) is 4. The summed E-state index contributed by atoms with van der Waals surface area (Å²) < 4.78 is 27.5. The molecule has 26 heavy (non-hydrogen) atoms. The molecule has 1 saturated carbocycles. The van der Waals surface area contributed by atoms with Gasteiger partial charge in [0.25, 0.3) is 10.0 Å². The van der Waals surface area contributed by atoms with Crippen molar-refractivity contribution in [3.05, 3.63) is 28.1 Å². The molecular formula is C18H25ClN2O3S2. The number of piperazine rings is 1. The Hall–Kier alpha value is -0.890. The maximum Gasteiger partial charge on any atom is 0.252 e. The zero-order chi connectivity index (χ0) is 19.3. The molecule has 0 spiro atoms. The van der Waals surface area contributed by atoms with Crippen LogP contribution in [-0.2, 0) is 14.8 Å². The Morgan fingerprint density at radius 3 is 2.35 bits per heavy atom. The maximum absolute atomic E-state index is 12.9. The standard InChI is InChI=1S/C18H25ClN2O3S2/c1-12(2)11-13-16(18(13,3)4)17(22)20-7-9-21(10-8-20)26(23,24)15-6-5-14(19)25-15/h5-6,11,13,16H,7-10H2,1-4H3/t13-,16-/m1/s1. The lowest BCUT2D eigenvalue weighted by Crippen LogP contribution is -2.51. The highest BCUT2D eigenvalue weighted by molar-refractivity contribution is 7.91. The second-order valence-electron chi connectivity index (χ2n) is 7.86. The van der Waals surface area contributed by atoms with Crippen molar-refractivity contribution >= 4 is 38.9 Å². The van der Waals surface area contributed by atoms with E-state index in [9.17, 15) is 13.2 Å². The molecule has 1 aliphatic carbocycles. The van der Waals surface area contributed by atoms with E-state index >= 15 is 0 Å². The Bertz CT molecular complexity index is 832. The minimum atomic E-state index is -3.52. The molecule has 2 fully saturated rings. The quantitative estimate of drug-likeness (QED) is 0.706. The SMILES string of the molecule is CC(C)=C[C@@H]1[C@H](C(=O)N2CCN(S(=O)(=O)c3ccc(Cl)s3)CC2)C1(C)C. The summed E-state index contributed by atoms with van der Waals surface area (Å²) in [5, 5.41) is 0. The van der Waals surface area contributed by atoms with Gasteiger partial charge in [0.15, 0.2) is 0 Å². The molecule has 1 aliphatic heterocycles. The van der Waals surface area contributed by atoms with Crippen LogP contribution in [-0.4, -0.2) is 49.7 Å². The topological polar surface area (TPSA) is 57.7 Å². The molecule has 0 bridgehead atoms. The number of carbonyl (C=O) groups excluding carboxylic acids is 1. The van der Waals surface area contributed by atoms with Crippen molar-refractivity contribution in [3.8, 4) is 0 Å². The van der Waals surface area contributed by atoms with Crippen LogP contribution in [0.2, 0.25) is 4.34 Å². The van der Waals surface area contributed by atoms with Gasteiger partial charge in [-0.15, -0.1) is 11.3 Å². The first-order valence-electron chi connectivity index (χ1n) is 8.74. The third kappa shape index (κ3) is 3.59. The molecule has 2 heterocycles. The molecule has 5 nitrogen and oxygen atoms in total. The minimum absolute atomic E-state index is 0.00309. The van der Waals surface area contributed by atoms with E-state index in [1.165, 1.54) is 15.9 Å². The Morgan fingerprint density at radius 2 is 1.85 bits per heavy atom. The summed E-state index contributed by atoms with van der Waals surface area (Å²) in [7, 11) is -3.52. The summed E-state index contributed by atoms with van der Waals surface area (Å²) in [5.41, 5.74) is 1.20. The third-order valence-corrected chi connectivity index (χ3v) is 8.98. The fraction of sp³-hybridized carbons (Fsp3) is 0.611.